The van der Waals surface area contributed by atoms with Crippen LogP contribution in [0.25, 0.3) is 0 Å². The molecule has 3 N–H and O–H groups in total. The first-order valence-electron chi connectivity index (χ1n) is 9.43. The lowest BCUT2D eigenvalue weighted by atomic mass is 10.1. The normalized spacial score (nSPS) is 15.6. The Hall–Kier alpha value is -3.86. The van der Waals surface area contributed by atoms with E-state index in [4.69, 9.17) is 5.73 Å². The number of benzene rings is 2. The Morgan fingerprint density at radius 2 is 1.68 bits per heavy atom. The Bertz CT molecular complexity index is 1010. The third-order valence-electron chi connectivity index (χ3n) is 4.77. The van der Waals surface area contributed by atoms with E-state index >= 15 is 0 Å². The van der Waals surface area contributed by atoms with Gasteiger partial charge in [0.1, 0.15) is 5.82 Å². The van der Waals surface area contributed by atoms with Crippen molar-refractivity contribution in [2.24, 2.45) is 5.73 Å². The van der Waals surface area contributed by atoms with Gasteiger partial charge in [-0.2, -0.15) is 0 Å². The van der Waals surface area contributed by atoms with E-state index in [9.17, 15) is 28.9 Å². The summed E-state index contributed by atoms with van der Waals surface area (Å²) in [6, 6.07) is 9.95. The van der Waals surface area contributed by atoms with Crippen LogP contribution in [0.1, 0.15) is 20.7 Å². The molecule has 1 atom stereocenters. The molecule has 162 valence electrons. The molecular formula is C20H20FN5O5. The molecule has 2 aromatic rings. The Morgan fingerprint density at radius 1 is 1.06 bits per heavy atom. The summed E-state index contributed by atoms with van der Waals surface area (Å²) in [5.74, 6) is -2.32. The van der Waals surface area contributed by atoms with Gasteiger partial charge in [-0.25, -0.2) is 4.39 Å². The van der Waals surface area contributed by atoms with Crippen molar-refractivity contribution in [1.82, 2.24) is 15.1 Å². The summed E-state index contributed by atoms with van der Waals surface area (Å²) in [4.78, 5) is 51.6. The van der Waals surface area contributed by atoms with E-state index in [-0.39, 0.29) is 43.0 Å². The number of carbonyl (C=O) groups excluding carboxylic acids is 3. The molecule has 11 heteroatoms. The highest BCUT2D eigenvalue weighted by atomic mass is 19.1. The molecule has 0 aromatic heterocycles. The van der Waals surface area contributed by atoms with Gasteiger partial charge in [-0.3, -0.25) is 24.5 Å². The fraction of sp³-hybridized carbons (Fsp3) is 0.250. The quantitative estimate of drug-likeness (QED) is 0.513. The van der Waals surface area contributed by atoms with Crippen molar-refractivity contribution in [1.29, 1.82) is 0 Å². The maximum absolute atomic E-state index is 13.2. The third kappa shape index (κ3) is 4.67. The van der Waals surface area contributed by atoms with E-state index < -0.39 is 34.6 Å². The molecule has 1 aliphatic rings. The summed E-state index contributed by atoms with van der Waals surface area (Å²) in [6.45, 7) is 0.378. The van der Waals surface area contributed by atoms with Crippen molar-refractivity contribution in [3.05, 3.63) is 75.6 Å². The zero-order chi connectivity index (χ0) is 22.5. The predicted molar refractivity (Wildman–Crippen MR) is 107 cm³/mol. The number of amides is 3. The number of nitro benzene ring substituents is 1. The zero-order valence-electron chi connectivity index (χ0n) is 16.4. The largest absolute Gasteiger partial charge is 0.351 e. The second-order valence-electron chi connectivity index (χ2n) is 6.76. The molecule has 0 bridgehead atoms. The first-order chi connectivity index (χ1) is 14.8. The van der Waals surface area contributed by atoms with Gasteiger partial charge in [0.2, 0.25) is 0 Å². The molecule has 1 unspecified atom stereocenters. The number of rotatable bonds is 6. The van der Waals surface area contributed by atoms with Crippen LogP contribution in [0.4, 0.5) is 10.1 Å². The first-order valence-corrected chi connectivity index (χ1v) is 9.43. The van der Waals surface area contributed by atoms with Crippen LogP contribution in [0, 0.1) is 15.9 Å². The summed E-state index contributed by atoms with van der Waals surface area (Å²) in [5, 5.41) is 13.6. The van der Waals surface area contributed by atoms with Gasteiger partial charge in [0.05, 0.1) is 4.92 Å². The van der Waals surface area contributed by atoms with Crippen LogP contribution in [-0.2, 0) is 4.79 Å². The van der Waals surface area contributed by atoms with E-state index in [1.54, 1.807) is 0 Å². The van der Waals surface area contributed by atoms with Crippen molar-refractivity contribution < 1.29 is 23.7 Å². The van der Waals surface area contributed by atoms with Gasteiger partial charge in [-0.05, 0) is 30.3 Å². The molecule has 0 radical (unpaired) electrons. The molecule has 1 aliphatic heterocycles. The number of hydrogen-bond acceptors (Lipinski definition) is 6. The summed E-state index contributed by atoms with van der Waals surface area (Å²) in [7, 11) is 0. The van der Waals surface area contributed by atoms with Gasteiger partial charge in [-0.15, -0.1) is 0 Å². The Morgan fingerprint density at radius 3 is 2.26 bits per heavy atom. The molecule has 0 aliphatic carbocycles. The maximum atomic E-state index is 13.2. The molecule has 3 rings (SSSR count). The molecule has 1 saturated heterocycles. The number of hydrogen-bond donors (Lipinski definition) is 2. The number of nitro groups is 1. The fourth-order valence-electron chi connectivity index (χ4n) is 3.30. The minimum absolute atomic E-state index is 0.0157. The highest BCUT2D eigenvalue weighted by Gasteiger charge is 2.43. The highest BCUT2D eigenvalue weighted by molar-refractivity contribution is 6.02. The van der Waals surface area contributed by atoms with E-state index in [0.29, 0.717) is 0 Å². The van der Waals surface area contributed by atoms with Crippen LogP contribution in [-0.4, -0.2) is 64.8 Å². The van der Waals surface area contributed by atoms with Crippen LogP contribution in [0.2, 0.25) is 0 Å². The van der Waals surface area contributed by atoms with Crippen molar-refractivity contribution in [3.8, 4) is 0 Å². The lowest BCUT2D eigenvalue weighted by molar-refractivity contribution is -0.384. The molecule has 1 fully saturated rings. The fourth-order valence-corrected chi connectivity index (χ4v) is 3.30. The number of non-ortho nitro benzene ring substituents is 1. The summed E-state index contributed by atoms with van der Waals surface area (Å²) in [6.07, 6.45) is -1.28. The van der Waals surface area contributed by atoms with Gasteiger partial charge in [0, 0.05) is 49.4 Å². The topological polar surface area (TPSA) is 139 Å². The van der Waals surface area contributed by atoms with E-state index in [1.165, 1.54) is 40.1 Å². The monoisotopic (exact) mass is 429 g/mol. The molecule has 0 spiro atoms. The second-order valence-corrected chi connectivity index (χ2v) is 6.76. The van der Waals surface area contributed by atoms with Gasteiger partial charge in [0.25, 0.3) is 23.4 Å². The molecular weight excluding hydrogens is 409 g/mol. The smallest absolute Gasteiger partial charge is 0.270 e. The average Bonchev–Trinajstić information content (AvgIpc) is 3.22. The molecule has 1 heterocycles. The number of nitrogens with zero attached hydrogens (tertiary/aromatic N) is 3. The van der Waals surface area contributed by atoms with Gasteiger partial charge >= 0.3 is 0 Å². The number of halogens is 1. The van der Waals surface area contributed by atoms with E-state index in [2.05, 4.69) is 5.32 Å². The van der Waals surface area contributed by atoms with Crippen LogP contribution >= 0.6 is 0 Å². The van der Waals surface area contributed by atoms with E-state index in [1.807, 2.05) is 0 Å². The van der Waals surface area contributed by atoms with Gasteiger partial charge in [0.15, 0.2) is 6.17 Å². The number of nitrogens with two attached hydrogens (primary N) is 1. The van der Waals surface area contributed by atoms with Crippen LogP contribution in [0.15, 0.2) is 48.5 Å². The second kappa shape index (κ2) is 9.30. The zero-order valence-corrected chi connectivity index (χ0v) is 16.4. The van der Waals surface area contributed by atoms with Crippen molar-refractivity contribution in [3.63, 3.8) is 0 Å². The third-order valence-corrected chi connectivity index (χ3v) is 4.77. The van der Waals surface area contributed by atoms with Gasteiger partial charge < -0.3 is 20.9 Å². The maximum Gasteiger partial charge on any atom is 0.270 e. The lowest BCUT2D eigenvalue weighted by Crippen LogP contribution is -2.54. The molecule has 3 amide bonds. The molecule has 31 heavy (non-hydrogen) atoms. The summed E-state index contributed by atoms with van der Waals surface area (Å²) < 4.78 is 13.2. The minimum Gasteiger partial charge on any atom is -0.351 e. The van der Waals surface area contributed by atoms with Crippen molar-refractivity contribution in [2.75, 3.05) is 26.2 Å². The SMILES string of the molecule is NCCNC(=O)C1N(C(=O)c2ccc(F)cc2)CCN1C(=O)c1cccc([N+](=O)[O-])c1. The van der Waals surface area contributed by atoms with Crippen LogP contribution in [0.5, 0.6) is 0 Å². The van der Waals surface area contributed by atoms with Gasteiger partial charge in [-0.1, -0.05) is 6.07 Å². The van der Waals surface area contributed by atoms with Crippen molar-refractivity contribution in [2.45, 2.75) is 6.17 Å². The summed E-state index contributed by atoms with van der Waals surface area (Å²) in [5.41, 5.74) is 5.33. The molecule has 10 nitrogen and oxygen atoms in total. The minimum atomic E-state index is -1.28. The Balaban J connectivity index is 1.92. The Labute approximate surface area is 176 Å². The number of nitrogens with one attached hydrogen (secondary N) is 1. The standard InChI is InChI=1S/C20H20FN5O5/c21-15-6-4-13(5-7-15)19(28)24-10-11-25(18(24)17(27)23-9-8-22)20(29)14-2-1-3-16(12-14)26(30)31/h1-7,12,18H,8-11,22H2,(H,23,27). The highest BCUT2D eigenvalue weighted by Crippen LogP contribution is 2.23. The van der Waals surface area contributed by atoms with Crippen molar-refractivity contribution >= 4 is 23.4 Å². The number of carbonyl (C=O) groups is 3. The van der Waals surface area contributed by atoms with Crippen LogP contribution < -0.4 is 11.1 Å². The lowest BCUT2D eigenvalue weighted by Gasteiger charge is -2.29. The Kier molecular flexibility index (Phi) is 6.55. The molecule has 0 saturated carbocycles. The van der Waals surface area contributed by atoms with Crippen LogP contribution in [0.3, 0.4) is 0 Å². The average molecular weight is 429 g/mol. The van der Waals surface area contributed by atoms with E-state index in [0.717, 1.165) is 18.2 Å². The predicted octanol–water partition coefficient (Wildman–Crippen LogP) is 0.733. The summed E-state index contributed by atoms with van der Waals surface area (Å²) >= 11 is 0. The molecule has 2 aromatic carbocycles. The first kappa shape index (κ1) is 21.8.